The van der Waals surface area contributed by atoms with Gasteiger partial charge in [-0.25, -0.2) is 0 Å². The number of rotatable bonds is 10. The van der Waals surface area contributed by atoms with E-state index in [9.17, 15) is 9.59 Å². The lowest BCUT2D eigenvalue weighted by Crippen LogP contribution is -2.23. The second kappa shape index (κ2) is 15.1. The fourth-order valence-corrected chi connectivity index (χ4v) is 3.11. The van der Waals surface area contributed by atoms with E-state index in [0.717, 1.165) is 43.6 Å². The van der Waals surface area contributed by atoms with Gasteiger partial charge in [0, 0.05) is 25.1 Å². The Labute approximate surface area is 148 Å². The number of carbonyl (C=O) groups is 2. The molecule has 1 atom stereocenters. The molecule has 1 rings (SSSR count). The number of amidine groups is 1. The maximum atomic E-state index is 11.1. The Balaban J connectivity index is 0.000000496. The van der Waals surface area contributed by atoms with Gasteiger partial charge in [0.25, 0.3) is 6.02 Å². The van der Waals surface area contributed by atoms with Gasteiger partial charge in [-0.3, -0.25) is 15.0 Å². The zero-order valence-electron chi connectivity index (χ0n) is 14.5. The number of aliphatic carboxylic acids is 1. The lowest BCUT2D eigenvalue weighted by molar-refractivity contribution is -0.137. The van der Waals surface area contributed by atoms with Crippen LogP contribution in [0.15, 0.2) is 0 Å². The van der Waals surface area contributed by atoms with E-state index in [0.29, 0.717) is 19.4 Å². The van der Waals surface area contributed by atoms with E-state index in [4.69, 9.17) is 21.0 Å². The Morgan fingerprint density at radius 2 is 2.04 bits per heavy atom. The van der Waals surface area contributed by atoms with Crippen LogP contribution in [-0.2, 0) is 14.3 Å². The minimum absolute atomic E-state index is 0.107. The molecule has 24 heavy (non-hydrogen) atoms. The molecule has 1 unspecified atom stereocenters. The normalized spacial score (nSPS) is 16.0. The van der Waals surface area contributed by atoms with E-state index in [2.05, 4.69) is 12.2 Å². The number of nitrogens with two attached hydrogens (primary N) is 1. The maximum Gasteiger partial charge on any atom is 0.303 e. The molecule has 0 bridgehead atoms. The molecule has 0 aromatic carbocycles. The molecule has 5 N–H and O–H groups in total. The number of amides is 1. The molecular weight excluding hydrogens is 330 g/mol. The van der Waals surface area contributed by atoms with Gasteiger partial charge < -0.3 is 20.9 Å². The lowest BCUT2D eigenvalue weighted by Gasteiger charge is -2.08. The molecule has 1 heterocycles. The van der Waals surface area contributed by atoms with Gasteiger partial charge in [0.05, 0.1) is 0 Å². The third kappa shape index (κ3) is 15.5. The summed E-state index contributed by atoms with van der Waals surface area (Å²) >= 11 is 1.85. The van der Waals surface area contributed by atoms with Crippen molar-refractivity contribution in [2.75, 3.05) is 18.1 Å². The zero-order chi connectivity index (χ0) is 18.2. The van der Waals surface area contributed by atoms with Crippen LogP contribution in [0, 0.1) is 5.41 Å². The molecule has 140 valence electrons. The fraction of sp³-hybridized carbons (Fsp3) is 0.812. The monoisotopic (exact) mass is 361 g/mol. The van der Waals surface area contributed by atoms with Gasteiger partial charge in [0.15, 0.2) is 0 Å². The highest BCUT2D eigenvalue weighted by Crippen LogP contribution is 2.19. The number of nitrogens with one attached hydrogen (secondary N) is 2. The first kappa shape index (κ1) is 22.6. The molecule has 0 saturated carbocycles. The summed E-state index contributed by atoms with van der Waals surface area (Å²) in [4.78, 5) is 21.3. The van der Waals surface area contributed by atoms with Crippen molar-refractivity contribution < 1.29 is 19.4 Å². The highest BCUT2D eigenvalue weighted by atomic mass is 32.2. The van der Waals surface area contributed by atoms with Gasteiger partial charge >= 0.3 is 5.97 Å². The van der Waals surface area contributed by atoms with Gasteiger partial charge in [0.1, 0.15) is 6.10 Å². The first-order valence-electron chi connectivity index (χ1n) is 8.52. The SMILES string of the molecule is CCCCC(=O)NCCCCCC(=O)O.N=C(N)OC1CCSC1. The van der Waals surface area contributed by atoms with E-state index < -0.39 is 5.97 Å². The maximum absolute atomic E-state index is 11.1. The molecule has 8 heteroatoms. The van der Waals surface area contributed by atoms with Crippen LogP contribution in [0.1, 0.15) is 58.3 Å². The molecule has 0 spiro atoms. The third-order valence-electron chi connectivity index (χ3n) is 3.33. The number of carboxylic acids is 1. The molecular formula is C16H31N3O4S. The zero-order valence-corrected chi connectivity index (χ0v) is 15.3. The van der Waals surface area contributed by atoms with Crippen LogP contribution in [0.4, 0.5) is 0 Å². The molecule has 0 aromatic heterocycles. The van der Waals surface area contributed by atoms with Crippen molar-refractivity contribution in [3.05, 3.63) is 0 Å². The molecule has 1 amide bonds. The van der Waals surface area contributed by atoms with Crippen LogP contribution in [0.5, 0.6) is 0 Å². The number of ether oxygens (including phenoxy) is 1. The summed E-state index contributed by atoms with van der Waals surface area (Å²) in [6.45, 7) is 2.72. The molecule has 7 nitrogen and oxygen atoms in total. The molecule has 1 aliphatic rings. The minimum atomic E-state index is -0.748. The molecule has 0 aromatic rings. The summed E-state index contributed by atoms with van der Waals surface area (Å²) < 4.78 is 4.95. The average molecular weight is 362 g/mol. The van der Waals surface area contributed by atoms with Crippen LogP contribution in [0.25, 0.3) is 0 Å². The summed E-state index contributed by atoms with van der Waals surface area (Å²) in [5, 5.41) is 18.0. The van der Waals surface area contributed by atoms with Crippen molar-refractivity contribution >= 4 is 29.7 Å². The smallest absolute Gasteiger partial charge is 0.303 e. The van der Waals surface area contributed by atoms with E-state index in [1.165, 1.54) is 0 Å². The van der Waals surface area contributed by atoms with Gasteiger partial charge in [-0.15, -0.1) is 0 Å². The van der Waals surface area contributed by atoms with Crippen LogP contribution in [0.2, 0.25) is 0 Å². The Morgan fingerprint density at radius 3 is 2.58 bits per heavy atom. The largest absolute Gasteiger partial charge is 0.481 e. The average Bonchev–Trinajstić information content (AvgIpc) is 3.01. The van der Waals surface area contributed by atoms with Crippen molar-refractivity contribution in [2.45, 2.75) is 64.4 Å². The predicted octanol–water partition coefficient (Wildman–Crippen LogP) is 2.34. The van der Waals surface area contributed by atoms with E-state index in [-0.39, 0.29) is 24.5 Å². The Bertz CT molecular complexity index is 374. The second-order valence-electron chi connectivity index (χ2n) is 5.63. The van der Waals surface area contributed by atoms with Gasteiger partial charge in [-0.1, -0.05) is 19.8 Å². The number of carboxylic acid groups (broad SMARTS) is 1. The van der Waals surface area contributed by atoms with Crippen molar-refractivity contribution in [3.63, 3.8) is 0 Å². The predicted molar refractivity (Wildman–Crippen MR) is 97.4 cm³/mol. The summed E-state index contributed by atoms with van der Waals surface area (Å²) in [6.07, 6.45) is 6.45. The van der Waals surface area contributed by atoms with Crippen LogP contribution in [-0.4, -0.2) is 47.2 Å². The van der Waals surface area contributed by atoms with Crippen molar-refractivity contribution in [3.8, 4) is 0 Å². The van der Waals surface area contributed by atoms with E-state index in [1.807, 2.05) is 11.8 Å². The Kier molecular flexibility index (Phi) is 14.2. The van der Waals surface area contributed by atoms with Gasteiger partial charge in [-0.05, 0) is 31.4 Å². The topological polar surface area (TPSA) is 126 Å². The molecule has 1 fully saturated rings. The number of hydrogen-bond donors (Lipinski definition) is 4. The van der Waals surface area contributed by atoms with Crippen LogP contribution >= 0.6 is 11.8 Å². The summed E-state index contributed by atoms with van der Waals surface area (Å²) in [6, 6.07) is -0.150. The highest BCUT2D eigenvalue weighted by molar-refractivity contribution is 7.99. The number of carbonyl (C=O) groups excluding carboxylic acids is 1. The van der Waals surface area contributed by atoms with Crippen molar-refractivity contribution in [1.29, 1.82) is 5.41 Å². The summed E-state index contributed by atoms with van der Waals surface area (Å²) in [7, 11) is 0. The number of thioether (sulfide) groups is 1. The van der Waals surface area contributed by atoms with Crippen molar-refractivity contribution in [1.82, 2.24) is 5.32 Å². The molecule has 1 aliphatic heterocycles. The Hall–Kier alpha value is -1.44. The number of hydrogen-bond acceptors (Lipinski definition) is 5. The molecule has 1 saturated heterocycles. The van der Waals surface area contributed by atoms with E-state index in [1.54, 1.807) is 0 Å². The summed E-state index contributed by atoms with van der Waals surface area (Å²) in [5.41, 5.74) is 5.02. The Morgan fingerprint density at radius 1 is 1.29 bits per heavy atom. The first-order chi connectivity index (χ1) is 11.5. The minimum Gasteiger partial charge on any atom is -0.481 e. The fourth-order valence-electron chi connectivity index (χ4n) is 2.02. The first-order valence-corrected chi connectivity index (χ1v) is 9.68. The standard InChI is InChI=1S/C11H21NO3.C5H10N2OS/c1-2-3-7-10(13)12-9-6-4-5-8-11(14)15;6-5(7)8-4-1-2-9-3-4/h2-9H2,1H3,(H,12,13)(H,14,15);4H,1-3H2,(H3,6,7). The highest BCUT2D eigenvalue weighted by Gasteiger charge is 2.16. The third-order valence-corrected chi connectivity index (χ3v) is 4.46. The number of unbranched alkanes of at least 4 members (excludes halogenated alkanes) is 3. The lowest BCUT2D eigenvalue weighted by atomic mass is 10.2. The molecule has 0 aliphatic carbocycles. The van der Waals surface area contributed by atoms with Gasteiger partial charge in [0.2, 0.25) is 5.91 Å². The van der Waals surface area contributed by atoms with Crippen LogP contribution in [0.3, 0.4) is 0 Å². The van der Waals surface area contributed by atoms with Gasteiger partial charge in [-0.2, -0.15) is 11.8 Å². The van der Waals surface area contributed by atoms with Crippen LogP contribution < -0.4 is 11.1 Å². The second-order valence-corrected chi connectivity index (χ2v) is 6.78. The quantitative estimate of drug-likeness (QED) is 0.269. The summed E-state index contributed by atoms with van der Waals surface area (Å²) in [5.74, 6) is 1.48. The van der Waals surface area contributed by atoms with E-state index >= 15 is 0 Å². The van der Waals surface area contributed by atoms with Crippen molar-refractivity contribution in [2.24, 2.45) is 5.73 Å². The molecule has 0 radical (unpaired) electrons.